The van der Waals surface area contributed by atoms with E-state index in [0.29, 0.717) is 12.5 Å². The summed E-state index contributed by atoms with van der Waals surface area (Å²) in [6.45, 7) is 7.48. The molecule has 1 heterocycles. The Morgan fingerprint density at radius 3 is 2.61 bits per heavy atom. The maximum atomic E-state index is 11.2. The van der Waals surface area contributed by atoms with E-state index in [9.17, 15) is 8.42 Å². The minimum Gasteiger partial charge on any atom is -0.491 e. The van der Waals surface area contributed by atoms with Gasteiger partial charge in [0.2, 0.25) is 10.0 Å². The van der Waals surface area contributed by atoms with Crippen molar-refractivity contribution in [3.8, 4) is 5.75 Å². The molecule has 1 saturated heterocycles. The SMILES string of the molecule is CC(C)Oc1ccc(CN2CCC[C@@H](CNS(C)(=O)=O)C2)cc1. The fourth-order valence-electron chi connectivity index (χ4n) is 2.93. The number of ether oxygens (including phenoxy) is 1. The summed E-state index contributed by atoms with van der Waals surface area (Å²) in [5, 5.41) is 0. The predicted octanol–water partition coefficient (Wildman–Crippen LogP) is 2.23. The highest BCUT2D eigenvalue weighted by molar-refractivity contribution is 7.88. The molecule has 1 aromatic rings. The van der Waals surface area contributed by atoms with Crippen LogP contribution in [0.5, 0.6) is 5.75 Å². The summed E-state index contributed by atoms with van der Waals surface area (Å²) in [6, 6.07) is 8.25. The lowest BCUT2D eigenvalue weighted by atomic mass is 9.98. The summed E-state index contributed by atoms with van der Waals surface area (Å²) in [6.07, 6.45) is 3.60. The molecule has 5 nitrogen and oxygen atoms in total. The topological polar surface area (TPSA) is 58.6 Å². The molecule has 130 valence electrons. The monoisotopic (exact) mass is 340 g/mol. The molecule has 1 atom stereocenters. The average molecular weight is 340 g/mol. The van der Waals surface area contributed by atoms with Crippen LogP contribution < -0.4 is 9.46 Å². The Morgan fingerprint density at radius 2 is 2.00 bits per heavy atom. The number of rotatable bonds is 7. The summed E-state index contributed by atoms with van der Waals surface area (Å²) in [4.78, 5) is 2.40. The smallest absolute Gasteiger partial charge is 0.208 e. The van der Waals surface area contributed by atoms with E-state index in [2.05, 4.69) is 21.8 Å². The van der Waals surface area contributed by atoms with Gasteiger partial charge in [0.25, 0.3) is 0 Å². The summed E-state index contributed by atoms with van der Waals surface area (Å²) in [5.74, 6) is 1.29. The number of nitrogens with zero attached hydrogens (tertiary/aromatic N) is 1. The van der Waals surface area contributed by atoms with Crippen LogP contribution in [0.15, 0.2) is 24.3 Å². The zero-order valence-electron chi connectivity index (χ0n) is 14.3. The van der Waals surface area contributed by atoms with E-state index in [1.54, 1.807) is 0 Å². The summed E-state index contributed by atoms with van der Waals surface area (Å²) in [5.41, 5.74) is 1.26. The Labute approximate surface area is 140 Å². The van der Waals surface area contributed by atoms with Crippen LogP contribution in [0.2, 0.25) is 0 Å². The first kappa shape index (κ1) is 18.2. The minimum absolute atomic E-state index is 0.186. The molecule has 1 aliphatic heterocycles. The molecule has 1 aromatic carbocycles. The van der Waals surface area contributed by atoms with Gasteiger partial charge >= 0.3 is 0 Å². The van der Waals surface area contributed by atoms with Gasteiger partial charge in [-0.05, 0) is 56.8 Å². The summed E-state index contributed by atoms with van der Waals surface area (Å²) >= 11 is 0. The fraction of sp³-hybridized carbons (Fsp3) is 0.647. The van der Waals surface area contributed by atoms with Crippen LogP contribution in [0.25, 0.3) is 0 Å². The Hall–Kier alpha value is -1.11. The Morgan fingerprint density at radius 1 is 1.30 bits per heavy atom. The molecule has 1 aliphatic rings. The lowest BCUT2D eigenvalue weighted by Gasteiger charge is -2.32. The molecule has 0 spiro atoms. The average Bonchev–Trinajstić information content (AvgIpc) is 2.46. The van der Waals surface area contributed by atoms with Crippen LogP contribution in [0.1, 0.15) is 32.3 Å². The minimum atomic E-state index is -3.10. The molecule has 0 amide bonds. The zero-order valence-corrected chi connectivity index (χ0v) is 15.1. The molecule has 23 heavy (non-hydrogen) atoms. The van der Waals surface area contributed by atoms with Gasteiger partial charge in [-0.25, -0.2) is 13.1 Å². The van der Waals surface area contributed by atoms with E-state index in [4.69, 9.17) is 4.74 Å². The summed E-state index contributed by atoms with van der Waals surface area (Å²) in [7, 11) is -3.10. The Kier molecular flexibility index (Phi) is 6.44. The summed E-state index contributed by atoms with van der Waals surface area (Å²) < 4.78 is 30.7. The van der Waals surface area contributed by atoms with Crippen LogP contribution in [-0.4, -0.2) is 45.3 Å². The number of hydrogen-bond acceptors (Lipinski definition) is 4. The molecule has 0 aliphatic carbocycles. The first-order valence-corrected chi connectivity index (χ1v) is 10.1. The fourth-order valence-corrected chi connectivity index (χ4v) is 3.47. The van der Waals surface area contributed by atoms with E-state index >= 15 is 0 Å². The number of sulfonamides is 1. The molecule has 0 radical (unpaired) electrons. The lowest BCUT2D eigenvalue weighted by Crippen LogP contribution is -2.40. The van der Waals surface area contributed by atoms with Crippen molar-refractivity contribution in [2.75, 3.05) is 25.9 Å². The molecular formula is C17H28N2O3S. The second kappa shape index (κ2) is 8.13. The van der Waals surface area contributed by atoms with E-state index in [-0.39, 0.29) is 6.10 Å². The number of likely N-dealkylation sites (tertiary alicyclic amines) is 1. The second-order valence-corrected chi connectivity index (χ2v) is 8.51. The molecule has 2 rings (SSSR count). The van der Waals surface area contributed by atoms with Gasteiger partial charge in [0, 0.05) is 19.6 Å². The predicted molar refractivity (Wildman–Crippen MR) is 93.1 cm³/mol. The number of piperidine rings is 1. The third kappa shape index (κ3) is 6.89. The van der Waals surface area contributed by atoms with Crippen molar-refractivity contribution in [3.05, 3.63) is 29.8 Å². The molecule has 0 unspecified atom stereocenters. The normalized spacial score (nSPS) is 19.9. The van der Waals surface area contributed by atoms with E-state index in [1.807, 2.05) is 26.0 Å². The van der Waals surface area contributed by atoms with Crippen molar-refractivity contribution in [2.24, 2.45) is 5.92 Å². The van der Waals surface area contributed by atoms with Gasteiger partial charge in [-0.15, -0.1) is 0 Å². The van der Waals surface area contributed by atoms with Gasteiger partial charge in [-0.2, -0.15) is 0 Å². The molecule has 6 heteroatoms. The maximum Gasteiger partial charge on any atom is 0.208 e. The van der Waals surface area contributed by atoms with Gasteiger partial charge < -0.3 is 4.74 Å². The van der Waals surface area contributed by atoms with Crippen LogP contribution in [0.4, 0.5) is 0 Å². The van der Waals surface area contributed by atoms with Crippen molar-refractivity contribution in [2.45, 2.75) is 39.3 Å². The van der Waals surface area contributed by atoms with Crippen molar-refractivity contribution in [3.63, 3.8) is 0 Å². The van der Waals surface area contributed by atoms with Crippen LogP contribution >= 0.6 is 0 Å². The van der Waals surface area contributed by atoms with Gasteiger partial charge in [0.05, 0.1) is 12.4 Å². The molecule has 0 saturated carbocycles. The quantitative estimate of drug-likeness (QED) is 0.827. The van der Waals surface area contributed by atoms with E-state index < -0.39 is 10.0 Å². The van der Waals surface area contributed by atoms with Crippen molar-refractivity contribution in [1.82, 2.24) is 9.62 Å². The largest absolute Gasteiger partial charge is 0.491 e. The highest BCUT2D eigenvalue weighted by Gasteiger charge is 2.20. The van der Waals surface area contributed by atoms with E-state index in [1.165, 1.54) is 11.8 Å². The van der Waals surface area contributed by atoms with Gasteiger partial charge in [-0.1, -0.05) is 12.1 Å². The first-order chi connectivity index (χ1) is 10.8. The number of hydrogen-bond donors (Lipinski definition) is 1. The number of nitrogens with one attached hydrogen (secondary N) is 1. The molecular weight excluding hydrogens is 312 g/mol. The Bertz CT molecular complexity index is 584. The van der Waals surface area contributed by atoms with E-state index in [0.717, 1.165) is 38.2 Å². The molecule has 0 bridgehead atoms. The van der Waals surface area contributed by atoms with Gasteiger partial charge in [0.1, 0.15) is 5.75 Å². The maximum absolute atomic E-state index is 11.2. The Balaban J connectivity index is 1.84. The second-order valence-electron chi connectivity index (χ2n) is 6.67. The number of benzene rings is 1. The third-order valence-corrected chi connectivity index (χ3v) is 4.63. The van der Waals surface area contributed by atoms with Crippen molar-refractivity contribution < 1.29 is 13.2 Å². The van der Waals surface area contributed by atoms with Crippen LogP contribution in [0, 0.1) is 5.92 Å². The first-order valence-electron chi connectivity index (χ1n) is 8.24. The van der Waals surface area contributed by atoms with Crippen LogP contribution in [0.3, 0.4) is 0 Å². The highest BCUT2D eigenvalue weighted by Crippen LogP contribution is 2.20. The standard InChI is InChI=1S/C17H28N2O3S/c1-14(2)22-17-8-6-15(7-9-17)12-19-10-4-5-16(13-19)11-18-23(3,20)21/h6-9,14,16,18H,4-5,10-13H2,1-3H3/t16-/m0/s1. The van der Waals surface area contributed by atoms with Crippen molar-refractivity contribution in [1.29, 1.82) is 0 Å². The molecule has 1 N–H and O–H groups in total. The van der Waals surface area contributed by atoms with Gasteiger partial charge in [0.15, 0.2) is 0 Å². The molecule has 0 aromatic heterocycles. The third-order valence-electron chi connectivity index (χ3n) is 3.94. The molecule has 1 fully saturated rings. The zero-order chi connectivity index (χ0) is 16.9. The lowest BCUT2D eigenvalue weighted by molar-refractivity contribution is 0.169. The van der Waals surface area contributed by atoms with Crippen LogP contribution in [-0.2, 0) is 16.6 Å². The van der Waals surface area contributed by atoms with Gasteiger partial charge in [-0.3, -0.25) is 4.90 Å². The highest BCUT2D eigenvalue weighted by atomic mass is 32.2. The van der Waals surface area contributed by atoms with Crippen molar-refractivity contribution >= 4 is 10.0 Å².